The highest BCUT2D eigenvalue weighted by molar-refractivity contribution is 5.83. The van der Waals surface area contributed by atoms with Gasteiger partial charge in [-0.15, -0.1) is 0 Å². The molecule has 0 aliphatic heterocycles. The average Bonchev–Trinajstić information content (AvgIpc) is 3.01. The van der Waals surface area contributed by atoms with Crippen LogP contribution in [-0.4, -0.2) is 12.0 Å². The minimum Gasteiger partial charge on any atom is -0.345 e. The average molecular weight is 377 g/mol. The second-order valence-electron chi connectivity index (χ2n) is 8.22. The Morgan fingerprint density at radius 2 is 1.38 bits per heavy atom. The van der Waals surface area contributed by atoms with E-state index >= 15 is 0 Å². The van der Waals surface area contributed by atoms with Crippen LogP contribution in [0.1, 0.15) is 25.0 Å². The van der Waals surface area contributed by atoms with Gasteiger partial charge in [-0.1, -0.05) is 62.4 Å². The van der Waals surface area contributed by atoms with E-state index in [9.17, 15) is 0 Å². The summed E-state index contributed by atoms with van der Waals surface area (Å²) in [6.07, 6.45) is 1.83. The first-order valence-electron chi connectivity index (χ1n) is 10.1. The van der Waals surface area contributed by atoms with Gasteiger partial charge < -0.3 is 4.90 Å². The third kappa shape index (κ3) is 2.84. The number of nitrogens with zero attached hydrogens (tertiary/aromatic N) is 2. The number of hydrogen-bond acceptors (Lipinski definition) is 2. The van der Waals surface area contributed by atoms with Crippen LogP contribution in [0.4, 0.5) is 11.4 Å². The monoisotopic (exact) mass is 376 g/mol. The van der Waals surface area contributed by atoms with Crippen molar-refractivity contribution in [2.24, 2.45) is 0 Å². The predicted octanol–water partition coefficient (Wildman–Crippen LogP) is 6.82. The van der Waals surface area contributed by atoms with E-state index in [0.717, 1.165) is 16.9 Å². The van der Waals surface area contributed by atoms with Gasteiger partial charge in [-0.05, 0) is 58.7 Å². The molecule has 142 valence electrons. The zero-order valence-corrected chi connectivity index (χ0v) is 17.1. The van der Waals surface area contributed by atoms with E-state index in [2.05, 4.69) is 97.5 Å². The highest BCUT2D eigenvalue weighted by Gasteiger charge is 2.35. The molecule has 0 amide bonds. The van der Waals surface area contributed by atoms with Gasteiger partial charge in [-0.2, -0.15) is 0 Å². The number of benzene rings is 3. The van der Waals surface area contributed by atoms with Gasteiger partial charge in [-0.25, -0.2) is 0 Å². The molecule has 29 heavy (non-hydrogen) atoms. The van der Waals surface area contributed by atoms with E-state index < -0.39 is 0 Å². The number of hydrogen-bond donors (Lipinski definition) is 0. The standard InChI is InChI=1S/C27H24N2/c1-27(2)24-9-5-4-8-22(24)23-16-15-21(18-25(23)27)29(3)20-13-11-19(12-14-20)26-10-6-7-17-28-26/h4-18H,1-3H3. The number of rotatable bonds is 3. The van der Waals surface area contributed by atoms with Crippen LogP contribution in [0.25, 0.3) is 22.4 Å². The minimum atomic E-state index is 0.0195. The van der Waals surface area contributed by atoms with Crippen molar-refractivity contribution in [1.29, 1.82) is 0 Å². The maximum atomic E-state index is 4.44. The molecular formula is C27H24N2. The van der Waals surface area contributed by atoms with Crippen LogP contribution in [0.3, 0.4) is 0 Å². The van der Waals surface area contributed by atoms with Crippen LogP contribution in [0.15, 0.2) is 91.1 Å². The molecule has 0 spiro atoms. The summed E-state index contributed by atoms with van der Waals surface area (Å²) in [5, 5.41) is 0. The fourth-order valence-electron chi connectivity index (χ4n) is 4.44. The summed E-state index contributed by atoms with van der Waals surface area (Å²) in [6.45, 7) is 4.65. The summed E-state index contributed by atoms with van der Waals surface area (Å²) in [5.41, 5.74) is 10.0. The molecule has 1 aromatic heterocycles. The lowest BCUT2D eigenvalue weighted by molar-refractivity contribution is 0.660. The van der Waals surface area contributed by atoms with Crippen LogP contribution >= 0.6 is 0 Å². The molecule has 0 saturated carbocycles. The molecule has 0 saturated heterocycles. The summed E-state index contributed by atoms with van der Waals surface area (Å²) in [4.78, 5) is 6.69. The zero-order chi connectivity index (χ0) is 20.0. The molecule has 0 bridgehead atoms. The molecule has 5 rings (SSSR count). The molecule has 2 heteroatoms. The van der Waals surface area contributed by atoms with Crippen molar-refractivity contribution in [2.45, 2.75) is 19.3 Å². The summed E-state index contributed by atoms with van der Waals surface area (Å²) in [6, 6.07) is 30.2. The van der Waals surface area contributed by atoms with Crippen molar-refractivity contribution in [3.05, 3.63) is 102 Å². The van der Waals surface area contributed by atoms with Crippen molar-refractivity contribution in [3.8, 4) is 22.4 Å². The molecular weight excluding hydrogens is 352 g/mol. The van der Waals surface area contributed by atoms with Crippen LogP contribution in [0, 0.1) is 0 Å². The summed E-state index contributed by atoms with van der Waals surface area (Å²) in [7, 11) is 2.13. The van der Waals surface area contributed by atoms with E-state index in [0.29, 0.717) is 0 Å². The van der Waals surface area contributed by atoms with Crippen LogP contribution in [-0.2, 0) is 5.41 Å². The summed E-state index contributed by atoms with van der Waals surface area (Å²) < 4.78 is 0. The minimum absolute atomic E-state index is 0.0195. The first-order chi connectivity index (χ1) is 14.1. The molecule has 0 fully saturated rings. The number of aromatic nitrogens is 1. The number of anilines is 2. The SMILES string of the molecule is CN(c1ccc(-c2ccccn2)cc1)c1ccc2c(c1)C(C)(C)c1ccccc1-2. The van der Waals surface area contributed by atoms with E-state index in [-0.39, 0.29) is 5.41 Å². The van der Waals surface area contributed by atoms with Crippen LogP contribution in [0.5, 0.6) is 0 Å². The molecule has 0 radical (unpaired) electrons. The second-order valence-corrected chi connectivity index (χ2v) is 8.22. The molecule has 0 unspecified atom stereocenters. The largest absolute Gasteiger partial charge is 0.345 e. The third-order valence-corrected chi connectivity index (χ3v) is 6.17. The van der Waals surface area contributed by atoms with Crippen molar-refractivity contribution < 1.29 is 0 Å². The fraction of sp³-hybridized carbons (Fsp3) is 0.148. The Hall–Kier alpha value is -3.39. The van der Waals surface area contributed by atoms with E-state index in [1.165, 1.54) is 27.9 Å². The normalized spacial score (nSPS) is 13.6. The number of pyridine rings is 1. The second kappa shape index (κ2) is 6.59. The van der Waals surface area contributed by atoms with Gasteiger partial charge in [0, 0.05) is 35.6 Å². The summed E-state index contributed by atoms with van der Waals surface area (Å²) in [5.74, 6) is 0. The molecule has 0 N–H and O–H groups in total. The van der Waals surface area contributed by atoms with Crippen molar-refractivity contribution in [1.82, 2.24) is 4.98 Å². The van der Waals surface area contributed by atoms with E-state index in [4.69, 9.17) is 0 Å². The first kappa shape index (κ1) is 17.7. The Labute approximate surface area is 172 Å². The smallest absolute Gasteiger partial charge is 0.0701 e. The quantitative estimate of drug-likeness (QED) is 0.390. The first-order valence-corrected chi connectivity index (χ1v) is 10.1. The predicted molar refractivity (Wildman–Crippen MR) is 122 cm³/mol. The zero-order valence-electron chi connectivity index (χ0n) is 17.1. The van der Waals surface area contributed by atoms with Crippen molar-refractivity contribution >= 4 is 11.4 Å². The van der Waals surface area contributed by atoms with Gasteiger partial charge in [0.25, 0.3) is 0 Å². The van der Waals surface area contributed by atoms with Crippen molar-refractivity contribution in [3.63, 3.8) is 0 Å². The Balaban J connectivity index is 1.49. The topological polar surface area (TPSA) is 16.1 Å². The van der Waals surface area contributed by atoms with Crippen LogP contribution in [0.2, 0.25) is 0 Å². The molecule has 4 aromatic rings. The highest BCUT2D eigenvalue weighted by atomic mass is 15.1. The fourth-order valence-corrected chi connectivity index (χ4v) is 4.44. The van der Waals surface area contributed by atoms with Gasteiger partial charge in [0.15, 0.2) is 0 Å². The lowest BCUT2D eigenvalue weighted by Crippen LogP contribution is -2.16. The maximum Gasteiger partial charge on any atom is 0.0701 e. The number of fused-ring (bicyclic) bond motifs is 3. The van der Waals surface area contributed by atoms with Gasteiger partial charge in [0.05, 0.1) is 5.69 Å². The Bertz CT molecular complexity index is 1170. The molecule has 2 nitrogen and oxygen atoms in total. The van der Waals surface area contributed by atoms with Crippen LogP contribution < -0.4 is 4.90 Å². The lowest BCUT2D eigenvalue weighted by Gasteiger charge is -2.25. The van der Waals surface area contributed by atoms with Gasteiger partial charge in [0.1, 0.15) is 0 Å². The summed E-state index contributed by atoms with van der Waals surface area (Å²) >= 11 is 0. The molecule has 1 heterocycles. The lowest BCUT2D eigenvalue weighted by atomic mass is 9.82. The Morgan fingerprint density at radius 3 is 2.14 bits per heavy atom. The molecule has 1 aliphatic carbocycles. The van der Waals surface area contributed by atoms with E-state index in [1.54, 1.807) is 0 Å². The third-order valence-electron chi connectivity index (χ3n) is 6.17. The van der Waals surface area contributed by atoms with Gasteiger partial charge in [-0.3, -0.25) is 4.98 Å². The van der Waals surface area contributed by atoms with Gasteiger partial charge >= 0.3 is 0 Å². The highest BCUT2D eigenvalue weighted by Crippen LogP contribution is 2.49. The van der Waals surface area contributed by atoms with E-state index in [1.807, 2.05) is 24.4 Å². The Morgan fingerprint density at radius 1 is 0.690 bits per heavy atom. The van der Waals surface area contributed by atoms with Gasteiger partial charge in [0.2, 0.25) is 0 Å². The molecule has 0 atom stereocenters. The molecule has 3 aromatic carbocycles. The Kier molecular flexibility index (Phi) is 4.02. The van der Waals surface area contributed by atoms with Crippen molar-refractivity contribution in [2.75, 3.05) is 11.9 Å². The maximum absolute atomic E-state index is 4.44. The molecule has 1 aliphatic rings.